The second-order valence-electron chi connectivity index (χ2n) is 4.73. The van der Waals surface area contributed by atoms with E-state index in [-0.39, 0.29) is 5.91 Å². The van der Waals surface area contributed by atoms with Crippen LogP contribution in [0, 0.1) is 0 Å². The van der Waals surface area contributed by atoms with Crippen molar-refractivity contribution in [1.82, 2.24) is 10.3 Å². The van der Waals surface area contributed by atoms with E-state index in [4.69, 9.17) is 11.6 Å². The summed E-state index contributed by atoms with van der Waals surface area (Å²) in [5.74, 6) is 0.691. The quantitative estimate of drug-likeness (QED) is 0.623. The van der Waals surface area contributed by atoms with Crippen molar-refractivity contribution in [2.45, 2.75) is 25.7 Å². The highest BCUT2D eigenvalue weighted by Crippen LogP contribution is 2.16. The molecule has 0 atom stereocenters. The fraction of sp³-hybridized carbons (Fsp3) is 0.375. The molecule has 2 rings (SSSR count). The minimum Gasteiger partial charge on any atom is -0.352 e. The predicted molar refractivity (Wildman–Crippen MR) is 83.3 cm³/mol. The van der Waals surface area contributed by atoms with E-state index in [0.717, 1.165) is 42.5 Å². The Balaban J connectivity index is 1.91. The summed E-state index contributed by atoms with van der Waals surface area (Å²) in [4.78, 5) is 16.4. The van der Waals surface area contributed by atoms with Gasteiger partial charge < -0.3 is 5.32 Å². The van der Waals surface area contributed by atoms with E-state index in [0.29, 0.717) is 12.1 Å². The van der Waals surface area contributed by atoms with E-state index in [1.54, 1.807) is 6.20 Å². The molecule has 0 bridgehead atoms. The number of rotatable bonds is 7. The van der Waals surface area contributed by atoms with Crippen molar-refractivity contribution < 1.29 is 4.79 Å². The van der Waals surface area contributed by atoms with Gasteiger partial charge in [-0.25, -0.2) is 0 Å². The van der Waals surface area contributed by atoms with Crippen molar-refractivity contribution in [1.29, 1.82) is 0 Å². The molecule has 3 nitrogen and oxygen atoms in total. The van der Waals surface area contributed by atoms with E-state index >= 15 is 0 Å². The smallest absolute Gasteiger partial charge is 0.251 e. The minimum absolute atomic E-state index is 0.0269. The number of aromatic nitrogens is 1. The third-order valence-electron chi connectivity index (χ3n) is 3.24. The highest BCUT2D eigenvalue weighted by molar-refractivity contribution is 6.17. The van der Waals surface area contributed by atoms with Gasteiger partial charge in [0.05, 0.1) is 5.52 Å². The van der Waals surface area contributed by atoms with Crippen LogP contribution in [0.5, 0.6) is 0 Å². The molecule has 106 valence electrons. The largest absolute Gasteiger partial charge is 0.352 e. The zero-order valence-electron chi connectivity index (χ0n) is 11.4. The lowest BCUT2D eigenvalue weighted by molar-refractivity contribution is 0.0954. The predicted octanol–water partition coefficient (Wildman–Crippen LogP) is 3.76. The minimum atomic E-state index is -0.0269. The van der Waals surface area contributed by atoms with Crippen molar-refractivity contribution in [2.75, 3.05) is 12.4 Å². The van der Waals surface area contributed by atoms with E-state index in [1.165, 1.54) is 0 Å². The standard InChI is InChI=1S/C16H19ClN2O/c17-10-3-1-2-4-11-19-16(20)14-7-5-9-15-13(14)8-6-12-18-15/h5-9,12H,1-4,10-11H2,(H,19,20). The van der Waals surface area contributed by atoms with E-state index in [2.05, 4.69) is 10.3 Å². The van der Waals surface area contributed by atoms with Gasteiger partial charge in [-0.2, -0.15) is 0 Å². The Bertz CT molecular complexity index is 566. The van der Waals surface area contributed by atoms with Gasteiger partial charge in [-0.15, -0.1) is 11.6 Å². The van der Waals surface area contributed by atoms with E-state index < -0.39 is 0 Å². The summed E-state index contributed by atoms with van der Waals surface area (Å²) in [6.07, 6.45) is 6.00. The van der Waals surface area contributed by atoms with Crippen molar-refractivity contribution in [2.24, 2.45) is 0 Å². The van der Waals surface area contributed by atoms with Crippen molar-refractivity contribution in [3.8, 4) is 0 Å². The number of benzene rings is 1. The first-order valence-corrected chi connectivity index (χ1v) is 7.54. The molecule has 0 unspecified atom stereocenters. The molecular weight excluding hydrogens is 272 g/mol. The van der Waals surface area contributed by atoms with E-state index in [1.807, 2.05) is 30.3 Å². The number of pyridine rings is 1. The van der Waals surface area contributed by atoms with Crippen molar-refractivity contribution in [3.05, 3.63) is 42.1 Å². The van der Waals surface area contributed by atoms with Crippen LogP contribution in [0.1, 0.15) is 36.0 Å². The first kappa shape index (κ1) is 14.8. The molecule has 0 fully saturated rings. The fourth-order valence-corrected chi connectivity index (χ4v) is 2.36. The van der Waals surface area contributed by atoms with Gasteiger partial charge in [0.25, 0.3) is 5.91 Å². The lowest BCUT2D eigenvalue weighted by Gasteiger charge is -2.07. The normalized spacial score (nSPS) is 10.7. The number of nitrogens with zero attached hydrogens (tertiary/aromatic N) is 1. The Labute approximate surface area is 124 Å². The number of alkyl halides is 1. The van der Waals surface area contributed by atoms with Crippen LogP contribution in [0.4, 0.5) is 0 Å². The number of hydrogen-bond acceptors (Lipinski definition) is 2. The SMILES string of the molecule is O=C(NCCCCCCCl)c1cccc2ncccc12. The Hall–Kier alpha value is -1.61. The molecule has 0 saturated carbocycles. The van der Waals surface area contributed by atoms with Crippen LogP contribution in [0.15, 0.2) is 36.5 Å². The Kier molecular flexibility index (Phi) is 5.81. The number of carbonyl (C=O) groups excluding carboxylic acids is 1. The molecule has 0 aliphatic heterocycles. The van der Waals surface area contributed by atoms with Crippen LogP contribution in [-0.4, -0.2) is 23.3 Å². The molecule has 1 aromatic heterocycles. The molecule has 1 aromatic carbocycles. The van der Waals surface area contributed by atoms with Crippen LogP contribution >= 0.6 is 11.6 Å². The Morgan fingerprint density at radius 3 is 2.80 bits per heavy atom. The number of fused-ring (bicyclic) bond motifs is 1. The first-order chi connectivity index (χ1) is 9.83. The third kappa shape index (κ3) is 3.94. The number of carbonyl (C=O) groups is 1. The maximum Gasteiger partial charge on any atom is 0.251 e. The molecule has 1 N–H and O–H groups in total. The number of halogens is 1. The van der Waals surface area contributed by atoms with Crippen LogP contribution in [0.2, 0.25) is 0 Å². The number of amides is 1. The fourth-order valence-electron chi connectivity index (χ4n) is 2.17. The van der Waals surface area contributed by atoms with Gasteiger partial charge in [0.1, 0.15) is 0 Å². The van der Waals surface area contributed by atoms with Crippen LogP contribution < -0.4 is 5.32 Å². The zero-order chi connectivity index (χ0) is 14.2. The van der Waals surface area contributed by atoms with Crippen molar-refractivity contribution >= 4 is 28.4 Å². The van der Waals surface area contributed by atoms with Gasteiger partial charge in [-0.05, 0) is 31.0 Å². The lowest BCUT2D eigenvalue weighted by atomic mass is 10.1. The summed E-state index contributed by atoms with van der Waals surface area (Å²) in [5.41, 5.74) is 1.54. The average molecular weight is 291 g/mol. The van der Waals surface area contributed by atoms with Gasteiger partial charge in [-0.1, -0.05) is 25.0 Å². The summed E-state index contributed by atoms with van der Waals surface area (Å²) in [6, 6.07) is 9.40. The monoisotopic (exact) mass is 290 g/mol. The maximum atomic E-state index is 12.2. The van der Waals surface area contributed by atoms with Crippen LogP contribution in [-0.2, 0) is 0 Å². The number of unbranched alkanes of at least 4 members (excludes halogenated alkanes) is 3. The average Bonchev–Trinajstić information content (AvgIpc) is 2.50. The molecule has 0 spiro atoms. The Morgan fingerprint density at radius 1 is 1.10 bits per heavy atom. The van der Waals surface area contributed by atoms with Gasteiger partial charge in [-0.3, -0.25) is 9.78 Å². The number of nitrogens with one attached hydrogen (secondary N) is 1. The molecule has 1 amide bonds. The summed E-state index contributed by atoms with van der Waals surface area (Å²) in [6.45, 7) is 0.706. The highest BCUT2D eigenvalue weighted by atomic mass is 35.5. The van der Waals surface area contributed by atoms with Gasteiger partial charge >= 0.3 is 0 Å². The van der Waals surface area contributed by atoms with Gasteiger partial charge in [0, 0.05) is 29.6 Å². The second-order valence-corrected chi connectivity index (χ2v) is 5.11. The van der Waals surface area contributed by atoms with Crippen molar-refractivity contribution in [3.63, 3.8) is 0 Å². The third-order valence-corrected chi connectivity index (χ3v) is 3.50. The molecule has 1 heterocycles. The van der Waals surface area contributed by atoms with E-state index in [9.17, 15) is 4.79 Å². The molecule has 0 saturated heterocycles. The number of hydrogen-bond donors (Lipinski definition) is 1. The lowest BCUT2D eigenvalue weighted by Crippen LogP contribution is -2.24. The summed E-state index contributed by atoms with van der Waals surface area (Å²) >= 11 is 5.62. The zero-order valence-corrected chi connectivity index (χ0v) is 12.2. The molecular formula is C16H19ClN2O. The summed E-state index contributed by atoms with van der Waals surface area (Å²) < 4.78 is 0. The molecule has 4 heteroatoms. The molecule has 0 radical (unpaired) electrons. The molecule has 0 aliphatic carbocycles. The second kappa shape index (κ2) is 7.85. The Morgan fingerprint density at radius 2 is 1.95 bits per heavy atom. The van der Waals surface area contributed by atoms with Crippen LogP contribution in [0.25, 0.3) is 10.9 Å². The van der Waals surface area contributed by atoms with Crippen LogP contribution in [0.3, 0.4) is 0 Å². The summed E-state index contributed by atoms with van der Waals surface area (Å²) in [5, 5.41) is 3.87. The topological polar surface area (TPSA) is 42.0 Å². The summed E-state index contributed by atoms with van der Waals surface area (Å²) in [7, 11) is 0. The molecule has 2 aromatic rings. The maximum absolute atomic E-state index is 12.2. The first-order valence-electron chi connectivity index (χ1n) is 7.01. The highest BCUT2D eigenvalue weighted by Gasteiger charge is 2.09. The van der Waals surface area contributed by atoms with Gasteiger partial charge in [0.2, 0.25) is 0 Å². The molecule has 20 heavy (non-hydrogen) atoms. The molecule has 0 aliphatic rings. The van der Waals surface area contributed by atoms with Gasteiger partial charge in [0.15, 0.2) is 0 Å².